The molecule has 0 radical (unpaired) electrons. The number of esters is 2. The first kappa shape index (κ1) is 26.2. The summed E-state index contributed by atoms with van der Waals surface area (Å²) in [6.07, 6.45) is 22.2. The fraction of sp³-hybridized carbons (Fsp3) is 0.667. The van der Waals surface area contributed by atoms with Crippen LogP contribution in [-0.4, -0.2) is 25.2 Å². The molecule has 28 heavy (non-hydrogen) atoms. The number of unbranched alkanes of at least 4 members (excludes halogenated alkanes) is 8. The van der Waals surface area contributed by atoms with Crippen molar-refractivity contribution in [3.63, 3.8) is 0 Å². The van der Waals surface area contributed by atoms with E-state index in [-0.39, 0.29) is 19.2 Å². The van der Waals surface area contributed by atoms with Gasteiger partial charge < -0.3 is 9.47 Å². The Morgan fingerprint density at radius 3 is 2.00 bits per heavy atom. The van der Waals surface area contributed by atoms with Crippen molar-refractivity contribution in [2.24, 2.45) is 0 Å². The smallest absolute Gasteiger partial charge is 0.333 e. The van der Waals surface area contributed by atoms with Crippen LogP contribution >= 0.6 is 0 Å². The fourth-order valence-corrected chi connectivity index (χ4v) is 2.57. The van der Waals surface area contributed by atoms with Gasteiger partial charge in [-0.05, 0) is 45.4 Å². The van der Waals surface area contributed by atoms with Gasteiger partial charge in [0.25, 0.3) is 0 Å². The van der Waals surface area contributed by atoms with Gasteiger partial charge in [-0.2, -0.15) is 0 Å². The van der Waals surface area contributed by atoms with Crippen LogP contribution in [0.3, 0.4) is 0 Å². The minimum Gasteiger partial charge on any atom is -0.462 e. The molecular formula is C24H40O4. The zero-order chi connectivity index (χ0) is 20.9. The van der Waals surface area contributed by atoms with E-state index in [2.05, 4.69) is 37.8 Å². The summed E-state index contributed by atoms with van der Waals surface area (Å²) in [6.45, 7) is 7.49. The SMILES string of the molecule is C=C(C)C(=O)OCCOC(=O)CCCCCCCC=CCC=CCCCCC. The molecule has 0 bridgehead atoms. The molecule has 160 valence electrons. The number of hydrogen-bond acceptors (Lipinski definition) is 4. The summed E-state index contributed by atoms with van der Waals surface area (Å²) in [5, 5.41) is 0. The molecule has 0 unspecified atom stereocenters. The molecule has 0 saturated heterocycles. The van der Waals surface area contributed by atoms with Crippen LogP contribution in [0.1, 0.15) is 90.9 Å². The van der Waals surface area contributed by atoms with E-state index in [0.29, 0.717) is 12.0 Å². The van der Waals surface area contributed by atoms with Gasteiger partial charge >= 0.3 is 11.9 Å². The topological polar surface area (TPSA) is 52.6 Å². The van der Waals surface area contributed by atoms with Crippen LogP contribution in [0, 0.1) is 0 Å². The molecule has 0 rings (SSSR count). The molecule has 0 spiro atoms. The van der Waals surface area contributed by atoms with E-state index in [1.54, 1.807) is 6.92 Å². The molecule has 0 N–H and O–H groups in total. The zero-order valence-corrected chi connectivity index (χ0v) is 18.0. The first-order chi connectivity index (χ1) is 13.6. The maximum Gasteiger partial charge on any atom is 0.333 e. The largest absolute Gasteiger partial charge is 0.462 e. The van der Waals surface area contributed by atoms with E-state index in [0.717, 1.165) is 32.1 Å². The van der Waals surface area contributed by atoms with Gasteiger partial charge in [0.15, 0.2) is 0 Å². The third-order valence-corrected chi connectivity index (χ3v) is 4.26. The summed E-state index contributed by atoms with van der Waals surface area (Å²) >= 11 is 0. The molecule has 0 heterocycles. The summed E-state index contributed by atoms with van der Waals surface area (Å²) in [5.41, 5.74) is 0.344. The summed E-state index contributed by atoms with van der Waals surface area (Å²) in [7, 11) is 0. The molecule has 4 nitrogen and oxygen atoms in total. The number of carbonyl (C=O) groups excluding carboxylic acids is 2. The van der Waals surface area contributed by atoms with Gasteiger partial charge in [-0.1, -0.05) is 69.9 Å². The lowest BCUT2D eigenvalue weighted by molar-refractivity contribution is -0.150. The summed E-state index contributed by atoms with van der Waals surface area (Å²) in [4.78, 5) is 22.7. The molecule has 0 fully saturated rings. The van der Waals surface area contributed by atoms with Crippen LogP contribution in [0.15, 0.2) is 36.5 Å². The minimum atomic E-state index is -0.454. The van der Waals surface area contributed by atoms with Crippen LogP contribution in [-0.2, 0) is 19.1 Å². The molecule has 0 aromatic heterocycles. The van der Waals surface area contributed by atoms with Crippen molar-refractivity contribution in [2.45, 2.75) is 90.9 Å². The number of allylic oxidation sites excluding steroid dienone is 4. The summed E-state index contributed by atoms with van der Waals surface area (Å²) in [5.74, 6) is -0.679. The van der Waals surface area contributed by atoms with E-state index < -0.39 is 5.97 Å². The Morgan fingerprint density at radius 1 is 0.786 bits per heavy atom. The van der Waals surface area contributed by atoms with Crippen LogP contribution in [0.5, 0.6) is 0 Å². The van der Waals surface area contributed by atoms with Crippen molar-refractivity contribution in [2.75, 3.05) is 13.2 Å². The monoisotopic (exact) mass is 392 g/mol. The molecule has 0 atom stereocenters. The highest BCUT2D eigenvalue weighted by molar-refractivity contribution is 5.86. The normalized spacial score (nSPS) is 11.2. The van der Waals surface area contributed by atoms with Gasteiger partial charge in [-0.3, -0.25) is 4.79 Å². The van der Waals surface area contributed by atoms with Crippen molar-refractivity contribution in [1.29, 1.82) is 0 Å². The zero-order valence-electron chi connectivity index (χ0n) is 18.0. The predicted molar refractivity (Wildman–Crippen MR) is 116 cm³/mol. The number of hydrogen-bond donors (Lipinski definition) is 0. The molecule has 0 saturated carbocycles. The van der Waals surface area contributed by atoms with Gasteiger partial charge in [-0.15, -0.1) is 0 Å². The standard InChI is InChI=1S/C24H40O4/c1-4-5-6-7-8-9-10-11-12-13-14-15-16-17-18-19-23(25)27-20-21-28-24(26)22(2)3/h8-9,11-12H,2,4-7,10,13-21H2,1,3H3. The van der Waals surface area contributed by atoms with Crippen molar-refractivity contribution in [1.82, 2.24) is 0 Å². The molecule has 0 aromatic carbocycles. The Hall–Kier alpha value is -1.84. The number of carbonyl (C=O) groups is 2. The average molecular weight is 393 g/mol. The predicted octanol–water partition coefficient (Wildman–Crippen LogP) is 6.46. The van der Waals surface area contributed by atoms with Gasteiger partial charge in [0.05, 0.1) is 0 Å². The number of rotatable bonds is 18. The molecule has 0 aliphatic carbocycles. The van der Waals surface area contributed by atoms with Crippen molar-refractivity contribution in [3.05, 3.63) is 36.5 Å². The Kier molecular flexibility index (Phi) is 18.6. The van der Waals surface area contributed by atoms with Crippen LogP contribution in [0.4, 0.5) is 0 Å². The van der Waals surface area contributed by atoms with Crippen LogP contribution in [0.2, 0.25) is 0 Å². The molecular weight excluding hydrogens is 352 g/mol. The average Bonchev–Trinajstić information content (AvgIpc) is 2.68. The highest BCUT2D eigenvalue weighted by atomic mass is 16.6. The van der Waals surface area contributed by atoms with Gasteiger partial charge in [0.1, 0.15) is 13.2 Å². The molecule has 0 amide bonds. The molecule has 0 aromatic rings. The van der Waals surface area contributed by atoms with Crippen molar-refractivity contribution < 1.29 is 19.1 Å². The van der Waals surface area contributed by atoms with E-state index in [1.807, 2.05) is 0 Å². The van der Waals surface area contributed by atoms with E-state index >= 15 is 0 Å². The summed E-state index contributed by atoms with van der Waals surface area (Å²) < 4.78 is 9.89. The molecule has 4 heteroatoms. The maximum absolute atomic E-state index is 11.6. The quantitative estimate of drug-likeness (QED) is 0.116. The second-order valence-electron chi connectivity index (χ2n) is 7.12. The Labute approximate surface area is 172 Å². The van der Waals surface area contributed by atoms with Gasteiger partial charge in [-0.25, -0.2) is 4.79 Å². The Morgan fingerprint density at radius 2 is 1.36 bits per heavy atom. The molecule has 0 aliphatic heterocycles. The van der Waals surface area contributed by atoms with E-state index in [1.165, 1.54) is 38.5 Å². The highest BCUT2D eigenvalue weighted by Crippen LogP contribution is 2.08. The van der Waals surface area contributed by atoms with Crippen molar-refractivity contribution in [3.8, 4) is 0 Å². The number of ether oxygens (including phenoxy) is 2. The van der Waals surface area contributed by atoms with E-state index in [4.69, 9.17) is 9.47 Å². The molecule has 0 aliphatic rings. The van der Waals surface area contributed by atoms with Gasteiger partial charge in [0, 0.05) is 12.0 Å². The second-order valence-corrected chi connectivity index (χ2v) is 7.12. The minimum absolute atomic E-state index is 0.0829. The lowest BCUT2D eigenvalue weighted by Gasteiger charge is -2.06. The third kappa shape index (κ3) is 18.9. The summed E-state index contributed by atoms with van der Waals surface area (Å²) in [6, 6.07) is 0. The third-order valence-electron chi connectivity index (χ3n) is 4.26. The Balaban J connectivity index is 3.36. The first-order valence-electron chi connectivity index (χ1n) is 10.9. The highest BCUT2D eigenvalue weighted by Gasteiger charge is 2.05. The maximum atomic E-state index is 11.6. The van der Waals surface area contributed by atoms with Crippen LogP contribution in [0.25, 0.3) is 0 Å². The lowest BCUT2D eigenvalue weighted by Crippen LogP contribution is -2.14. The van der Waals surface area contributed by atoms with Crippen LogP contribution < -0.4 is 0 Å². The second kappa shape index (κ2) is 19.9. The lowest BCUT2D eigenvalue weighted by atomic mass is 10.1. The fourth-order valence-electron chi connectivity index (χ4n) is 2.57. The first-order valence-corrected chi connectivity index (χ1v) is 10.9. The van der Waals surface area contributed by atoms with E-state index in [9.17, 15) is 9.59 Å². The van der Waals surface area contributed by atoms with Gasteiger partial charge in [0.2, 0.25) is 0 Å². The van der Waals surface area contributed by atoms with Crippen molar-refractivity contribution >= 4 is 11.9 Å². The Bertz CT molecular complexity index is 477.